The van der Waals surface area contributed by atoms with Crippen LogP contribution in [-0.2, 0) is 19.1 Å². The standard InChI is InChI=1S/C12H20N2O2S2.C8H16N2O2S2/c15-11-7-3-1-5-9-13(11)17-18-14-10-6-2-4-8-12(14)16;1-5-11-6-2-9(1)13-14-10-3-7-12-8-4-10/h1-10H2;1-8H2. The van der Waals surface area contributed by atoms with Crippen LogP contribution in [0.15, 0.2) is 0 Å². The van der Waals surface area contributed by atoms with Crippen LogP contribution in [-0.4, -0.2) is 94.7 Å². The Balaban J connectivity index is 0.000000186. The molecule has 0 spiro atoms. The van der Waals surface area contributed by atoms with Crippen molar-refractivity contribution in [1.82, 2.24) is 17.2 Å². The highest BCUT2D eigenvalue weighted by molar-refractivity contribution is 8.75. The van der Waals surface area contributed by atoms with Crippen LogP contribution in [0.2, 0.25) is 0 Å². The number of amides is 2. The van der Waals surface area contributed by atoms with E-state index in [2.05, 4.69) is 8.61 Å². The lowest BCUT2D eigenvalue weighted by molar-refractivity contribution is -0.126. The number of hydrogen-bond acceptors (Lipinski definition) is 10. The van der Waals surface area contributed by atoms with E-state index >= 15 is 0 Å². The summed E-state index contributed by atoms with van der Waals surface area (Å²) in [4.78, 5) is 23.6. The average Bonchev–Trinajstić information content (AvgIpc) is 3.17. The lowest BCUT2D eigenvalue weighted by atomic mass is 10.2. The molecule has 184 valence electrons. The summed E-state index contributed by atoms with van der Waals surface area (Å²) in [6.07, 6.45) is 7.74. The molecule has 0 atom stereocenters. The molecule has 0 aromatic rings. The molecule has 0 aliphatic carbocycles. The summed E-state index contributed by atoms with van der Waals surface area (Å²) in [5.74, 6) is 0.430. The van der Waals surface area contributed by atoms with Gasteiger partial charge in [-0.25, -0.2) is 8.61 Å². The molecule has 0 unspecified atom stereocenters. The third-order valence-corrected chi connectivity index (χ3v) is 10.6. The van der Waals surface area contributed by atoms with E-state index in [4.69, 9.17) is 9.47 Å². The first-order valence-electron chi connectivity index (χ1n) is 11.7. The maximum absolute atomic E-state index is 11.8. The van der Waals surface area contributed by atoms with E-state index in [1.807, 2.05) is 30.6 Å². The Kier molecular flexibility index (Phi) is 13.4. The van der Waals surface area contributed by atoms with Crippen LogP contribution in [0.3, 0.4) is 0 Å². The van der Waals surface area contributed by atoms with Gasteiger partial charge in [-0.15, -0.1) is 0 Å². The SMILES string of the molecule is C1CN(SSN2CCOCC2)CCO1.O=C1CCCCCN1SSN1CCCCCC1=O. The van der Waals surface area contributed by atoms with Crippen molar-refractivity contribution < 1.29 is 19.1 Å². The zero-order valence-corrected chi connectivity index (χ0v) is 22.0. The molecule has 0 aromatic carbocycles. The Labute approximate surface area is 208 Å². The van der Waals surface area contributed by atoms with Gasteiger partial charge in [-0.3, -0.25) is 18.2 Å². The number of nitrogens with zero attached hydrogens (tertiary/aromatic N) is 4. The Bertz CT molecular complexity index is 518. The largest absolute Gasteiger partial charge is 0.379 e. The molecule has 0 saturated carbocycles. The highest BCUT2D eigenvalue weighted by Crippen LogP contribution is 2.34. The minimum Gasteiger partial charge on any atom is -0.379 e. The van der Waals surface area contributed by atoms with Crippen LogP contribution in [0.1, 0.15) is 51.4 Å². The fraction of sp³-hybridized carbons (Fsp3) is 0.900. The summed E-state index contributed by atoms with van der Waals surface area (Å²) in [5, 5.41) is 0. The van der Waals surface area contributed by atoms with Crippen molar-refractivity contribution in [2.45, 2.75) is 51.4 Å². The summed E-state index contributed by atoms with van der Waals surface area (Å²) in [5.41, 5.74) is 0. The minimum absolute atomic E-state index is 0.215. The summed E-state index contributed by atoms with van der Waals surface area (Å²) >= 11 is 0. The van der Waals surface area contributed by atoms with Gasteiger partial charge in [0.15, 0.2) is 0 Å². The first-order chi connectivity index (χ1) is 15.7. The number of carbonyl (C=O) groups excluding carboxylic acids is 2. The van der Waals surface area contributed by atoms with Gasteiger partial charge in [-0.2, -0.15) is 0 Å². The lowest BCUT2D eigenvalue weighted by Gasteiger charge is -2.29. The predicted octanol–water partition coefficient (Wildman–Crippen LogP) is 3.87. The summed E-state index contributed by atoms with van der Waals surface area (Å²) < 4.78 is 19.0. The lowest BCUT2D eigenvalue weighted by Crippen LogP contribution is -2.33. The predicted molar refractivity (Wildman–Crippen MR) is 136 cm³/mol. The van der Waals surface area contributed by atoms with E-state index in [1.165, 1.54) is 22.0 Å². The van der Waals surface area contributed by atoms with Gasteiger partial charge in [-0.1, -0.05) is 12.8 Å². The maximum Gasteiger partial charge on any atom is 0.233 e. The monoisotopic (exact) mass is 524 g/mol. The van der Waals surface area contributed by atoms with Crippen LogP contribution in [0.25, 0.3) is 0 Å². The normalized spacial score (nSPS) is 24.5. The second kappa shape index (κ2) is 16.0. The molecule has 0 radical (unpaired) electrons. The average molecular weight is 525 g/mol. The van der Waals surface area contributed by atoms with E-state index in [-0.39, 0.29) is 11.8 Å². The molecule has 0 bridgehead atoms. The number of rotatable bonds is 6. The van der Waals surface area contributed by atoms with E-state index in [9.17, 15) is 9.59 Å². The highest BCUT2D eigenvalue weighted by Gasteiger charge is 2.22. The molecule has 2 amide bonds. The summed E-state index contributed by atoms with van der Waals surface area (Å²) in [6.45, 7) is 9.30. The molecule has 32 heavy (non-hydrogen) atoms. The third-order valence-electron chi connectivity index (χ3n) is 5.46. The van der Waals surface area contributed by atoms with Crippen molar-refractivity contribution in [1.29, 1.82) is 0 Å². The van der Waals surface area contributed by atoms with Gasteiger partial charge in [-0.05, 0) is 25.7 Å². The fourth-order valence-electron chi connectivity index (χ4n) is 3.49. The second-order valence-electron chi connectivity index (χ2n) is 7.99. The van der Waals surface area contributed by atoms with Gasteiger partial charge in [0, 0.05) is 96.0 Å². The first-order valence-corrected chi connectivity index (χ1v) is 15.8. The van der Waals surface area contributed by atoms with Crippen LogP contribution in [0.5, 0.6) is 0 Å². The summed E-state index contributed by atoms with van der Waals surface area (Å²) in [6, 6.07) is 0. The van der Waals surface area contributed by atoms with E-state index < -0.39 is 0 Å². The number of hydrogen-bond donors (Lipinski definition) is 0. The highest BCUT2D eigenvalue weighted by atomic mass is 33.1. The van der Waals surface area contributed by atoms with Gasteiger partial charge in [0.1, 0.15) is 0 Å². The van der Waals surface area contributed by atoms with Crippen LogP contribution >= 0.6 is 43.9 Å². The quantitative estimate of drug-likeness (QED) is 0.378. The van der Waals surface area contributed by atoms with Gasteiger partial charge >= 0.3 is 0 Å². The Hall–Kier alpha value is 0.180. The van der Waals surface area contributed by atoms with E-state index in [1.54, 1.807) is 0 Å². The van der Waals surface area contributed by atoms with Gasteiger partial charge in [0.25, 0.3) is 0 Å². The van der Waals surface area contributed by atoms with E-state index in [0.717, 1.165) is 104 Å². The molecule has 4 heterocycles. The Morgan fingerprint density at radius 3 is 1.31 bits per heavy atom. The number of carbonyl (C=O) groups is 2. The fourth-order valence-corrected chi connectivity index (χ4v) is 8.08. The zero-order chi connectivity index (χ0) is 22.4. The Morgan fingerprint density at radius 1 is 0.500 bits per heavy atom. The van der Waals surface area contributed by atoms with Crippen molar-refractivity contribution in [3.8, 4) is 0 Å². The van der Waals surface area contributed by atoms with Crippen molar-refractivity contribution in [2.75, 3.05) is 65.7 Å². The molecule has 4 saturated heterocycles. The van der Waals surface area contributed by atoms with Crippen LogP contribution in [0, 0.1) is 0 Å². The third kappa shape index (κ3) is 10.2. The van der Waals surface area contributed by atoms with Crippen molar-refractivity contribution in [3.63, 3.8) is 0 Å². The molecule has 4 aliphatic heterocycles. The summed E-state index contributed by atoms with van der Waals surface area (Å²) in [7, 11) is 6.58. The zero-order valence-electron chi connectivity index (χ0n) is 18.8. The molecule has 4 fully saturated rings. The second-order valence-corrected chi connectivity index (χ2v) is 12.3. The van der Waals surface area contributed by atoms with Crippen LogP contribution in [0.4, 0.5) is 0 Å². The van der Waals surface area contributed by atoms with Gasteiger partial charge in [0.05, 0.1) is 26.4 Å². The number of morpholine rings is 2. The van der Waals surface area contributed by atoms with Crippen LogP contribution < -0.4 is 0 Å². The van der Waals surface area contributed by atoms with Crippen molar-refractivity contribution >= 4 is 55.7 Å². The topological polar surface area (TPSA) is 65.6 Å². The minimum atomic E-state index is 0.215. The van der Waals surface area contributed by atoms with Gasteiger partial charge < -0.3 is 9.47 Å². The molecule has 8 nitrogen and oxygen atoms in total. The Morgan fingerprint density at radius 2 is 0.906 bits per heavy atom. The molecule has 4 rings (SSSR count). The number of ether oxygens (including phenoxy) is 2. The van der Waals surface area contributed by atoms with Crippen molar-refractivity contribution in [2.24, 2.45) is 0 Å². The molecule has 12 heteroatoms. The maximum atomic E-state index is 11.8. The molecular weight excluding hydrogens is 489 g/mol. The molecule has 4 aliphatic rings. The smallest absolute Gasteiger partial charge is 0.233 e. The first kappa shape index (κ1) is 26.8. The molecule has 0 aromatic heterocycles. The molecule has 0 N–H and O–H groups in total. The van der Waals surface area contributed by atoms with Crippen molar-refractivity contribution in [3.05, 3.63) is 0 Å². The van der Waals surface area contributed by atoms with Gasteiger partial charge in [0.2, 0.25) is 11.8 Å². The molecular formula is C20H36N4O4S4. The van der Waals surface area contributed by atoms with E-state index in [0.29, 0.717) is 12.8 Å².